The van der Waals surface area contributed by atoms with E-state index in [9.17, 15) is 22.0 Å². The highest BCUT2D eigenvalue weighted by Gasteiger charge is 2.32. The molecule has 0 bridgehead atoms. The molecule has 5 rings (SSSR count). The lowest BCUT2D eigenvalue weighted by molar-refractivity contribution is 0.0904. The summed E-state index contributed by atoms with van der Waals surface area (Å²) >= 11 is 0. The van der Waals surface area contributed by atoms with Crippen LogP contribution in [0, 0.1) is 11.6 Å². The molecular formula is C28H35F2N7O4S. The van der Waals surface area contributed by atoms with E-state index in [-0.39, 0.29) is 24.9 Å². The van der Waals surface area contributed by atoms with Crippen LogP contribution in [0.3, 0.4) is 0 Å². The van der Waals surface area contributed by atoms with E-state index in [2.05, 4.69) is 31.0 Å². The van der Waals surface area contributed by atoms with Gasteiger partial charge in [-0.2, -0.15) is 9.40 Å². The van der Waals surface area contributed by atoms with E-state index in [1.165, 1.54) is 0 Å². The molecule has 0 spiro atoms. The molecular weight excluding hydrogens is 568 g/mol. The highest BCUT2D eigenvalue weighted by molar-refractivity contribution is 7.89. The maximum Gasteiger partial charge on any atom is 0.258 e. The van der Waals surface area contributed by atoms with Crippen molar-refractivity contribution in [3.8, 4) is 0 Å². The number of rotatable bonds is 10. The normalized spacial score (nSPS) is 16.3. The molecule has 11 nitrogen and oxygen atoms in total. The number of ether oxygens (including phenoxy) is 1. The lowest BCUT2D eigenvalue weighted by atomic mass is 10.1. The first-order valence-corrected chi connectivity index (χ1v) is 15.2. The Morgan fingerprint density at radius 1 is 1.14 bits per heavy atom. The summed E-state index contributed by atoms with van der Waals surface area (Å²) in [6, 6.07) is 7.83. The van der Waals surface area contributed by atoms with Crippen LogP contribution >= 0.6 is 0 Å². The average molecular weight is 604 g/mol. The molecule has 0 unspecified atom stereocenters. The molecule has 1 amide bonds. The smallest absolute Gasteiger partial charge is 0.258 e. The lowest BCUT2D eigenvalue weighted by Gasteiger charge is -2.27. The SMILES string of the molecule is CN(C)CCNc1ccc(C(=O)Nc2n[nH]c3c2CN(S(=O)(=O)c2cc(F)cc(F)c2)CC3)c(NC2CCOCC2)c1. The van der Waals surface area contributed by atoms with Gasteiger partial charge in [0.2, 0.25) is 10.0 Å². The summed E-state index contributed by atoms with van der Waals surface area (Å²) in [5.41, 5.74) is 3.12. The van der Waals surface area contributed by atoms with Gasteiger partial charge in [-0.05, 0) is 57.3 Å². The minimum absolute atomic E-state index is 0.0878. The molecule has 1 saturated heterocycles. The number of anilines is 3. The van der Waals surface area contributed by atoms with E-state index < -0.39 is 32.5 Å². The van der Waals surface area contributed by atoms with Gasteiger partial charge in [-0.15, -0.1) is 0 Å². The monoisotopic (exact) mass is 603 g/mol. The fourth-order valence-electron chi connectivity index (χ4n) is 5.04. The maximum absolute atomic E-state index is 13.8. The van der Waals surface area contributed by atoms with Gasteiger partial charge in [0, 0.05) is 80.6 Å². The van der Waals surface area contributed by atoms with Crippen molar-refractivity contribution in [1.82, 2.24) is 19.4 Å². The van der Waals surface area contributed by atoms with Crippen LogP contribution in [0.25, 0.3) is 0 Å². The number of nitrogens with zero attached hydrogens (tertiary/aromatic N) is 3. The van der Waals surface area contributed by atoms with Crippen LogP contribution in [0.2, 0.25) is 0 Å². The molecule has 14 heteroatoms. The summed E-state index contributed by atoms with van der Waals surface area (Å²) in [5.74, 6) is -2.17. The Morgan fingerprint density at radius 2 is 1.88 bits per heavy atom. The molecule has 1 fully saturated rings. The zero-order chi connectivity index (χ0) is 29.9. The maximum atomic E-state index is 13.8. The Hall–Kier alpha value is -3.59. The number of sulfonamides is 1. The van der Waals surface area contributed by atoms with Crippen LogP contribution in [0.15, 0.2) is 41.3 Å². The van der Waals surface area contributed by atoms with E-state index in [0.29, 0.717) is 48.2 Å². The Kier molecular flexibility index (Phi) is 9.06. The Morgan fingerprint density at radius 3 is 2.60 bits per heavy atom. The van der Waals surface area contributed by atoms with Crippen LogP contribution in [0.5, 0.6) is 0 Å². The van der Waals surface area contributed by atoms with E-state index >= 15 is 0 Å². The molecule has 3 heterocycles. The Bertz CT molecular complexity index is 1520. The van der Waals surface area contributed by atoms with Crippen molar-refractivity contribution in [3.63, 3.8) is 0 Å². The van der Waals surface area contributed by atoms with Crippen molar-refractivity contribution in [2.45, 2.75) is 36.7 Å². The fraction of sp³-hybridized carbons (Fsp3) is 0.429. The lowest BCUT2D eigenvalue weighted by Crippen LogP contribution is -2.36. The van der Waals surface area contributed by atoms with Gasteiger partial charge in [-0.3, -0.25) is 9.89 Å². The predicted molar refractivity (Wildman–Crippen MR) is 155 cm³/mol. The van der Waals surface area contributed by atoms with Crippen molar-refractivity contribution in [1.29, 1.82) is 0 Å². The summed E-state index contributed by atoms with van der Waals surface area (Å²) in [6.07, 6.45) is 1.91. The van der Waals surface area contributed by atoms with Crippen molar-refractivity contribution in [3.05, 3.63) is 64.9 Å². The number of hydrogen-bond donors (Lipinski definition) is 4. The summed E-state index contributed by atoms with van der Waals surface area (Å²) in [6.45, 7) is 2.82. The summed E-state index contributed by atoms with van der Waals surface area (Å²) in [5, 5.41) is 16.8. The third-order valence-corrected chi connectivity index (χ3v) is 9.16. The van der Waals surface area contributed by atoms with Gasteiger partial charge in [-0.1, -0.05) is 0 Å². The molecule has 4 N–H and O–H groups in total. The number of aromatic amines is 1. The second kappa shape index (κ2) is 12.7. The van der Waals surface area contributed by atoms with Crippen LogP contribution in [-0.2, 0) is 27.7 Å². The summed E-state index contributed by atoms with van der Waals surface area (Å²) in [4.78, 5) is 15.2. The molecule has 2 aromatic carbocycles. The Labute approximate surface area is 243 Å². The first-order chi connectivity index (χ1) is 20.1. The van der Waals surface area contributed by atoms with Gasteiger partial charge >= 0.3 is 0 Å². The number of H-pyrrole nitrogens is 1. The van der Waals surface area contributed by atoms with Gasteiger partial charge in [-0.25, -0.2) is 17.2 Å². The first-order valence-electron chi connectivity index (χ1n) is 13.8. The van der Waals surface area contributed by atoms with Crippen molar-refractivity contribution < 1.29 is 26.7 Å². The minimum Gasteiger partial charge on any atom is -0.384 e. The number of aromatic nitrogens is 2. The first kappa shape index (κ1) is 29.9. The van der Waals surface area contributed by atoms with Crippen molar-refractivity contribution >= 4 is 33.1 Å². The standard InChI is InChI=1S/C28H35F2N7O4S/c1-36(2)10-8-31-21-3-4-23(26(16-21)32-20-6-11-41-12-7-20)28(38)33-27-24-17-37(9-5-25(24)34-35-27)42(39,40)22-14-18(29)13-19(30)15-22/h3-4,13-16,20,31-32H,5-12,17H2,1-2H3,(H2,33,34,35,38). The molecule has 3 aromatic rings. The number of hydrogen-bond acceptors (Lipinski definition) is 8. The van der Waals surface area contributed by atoms with Gasteiger partial charge in [0.25, 0.3) is 5.91 Å². The summed E-state index contributed by atoms with van der Waals surface area (Å²) < 4.78 is 60.6. The molecule has 2 aliphatic rings. The largest absolute Gasteiger partial charge is 0.384 e. The zero-order valence-corrected chi connectivity index (χ0v) is 24.4. The third kappa shape index (κ3) is 6.89. The second-order valence-electron chi connectivity index (χ2n) is 10.7. The van der Waals surface area contributed by atoms with Gasteiger partial charge in [0.1, 0.15) is 11.6 Å². The van der Waals surface area contributed by atoms with Crippen LogP contribution in [-0.4, -0.2) is 86.7 Å². The summed E-state index contributed by atoms with van der Waals surface area (Å²) in [7, 11) is -0.203. The predicted octanol–water partition coefficient (Wildman–Crippen LogP) is 3.25. The van der Waals surface area contributed by atoms with Gasteiger partial charge in [0.05, 0.1) is 10.5 Å². The topological polar surface area (TPSA) is 132 Å². The highest BCUT2D eigenvalue weighted by Crippen LogP contribution is 2.30. The average Bonchev–Trinajstić information content (AvgIpc) is 3.35. The van der Waals surface area contributed by atoms with E-state index in [1.54, 1.807) is 6.07 Å². The number of nitrogens with one attached hydrogen (secondary N) is 4. The second-order valence-corrected chi connectivity index (χ2v) is 12.6. The fourth-order valence-corrected chi connectivity index (χ4v) is 6.49. The molecule has 2 aliphatic heterocycles. The van der Waals surface area contributed by atoms with Gasteiger partial charge < -0.3 is 25.6 Å². The van der Waals surface area contributed by atoms with Crippen molar-refractivity contribution in [2.75, 3.05) is 62.9 Å². The number of carbonyl (C=O) groups excluding carboxylic acids is 1. The Balaban J connectivity index is 1.36. The number of carbonyl (C=O) groups is 1. The van der Waals surface area contributed by atoms with Crippen LogP contribution < -0.4 is 16.0 Å². The number of likely N-dealkylation sites (N-methyl/N-ethyl adjacent to an activating group) is 1. The molecule has 0 aliphatic carbocycles. The van der Waals surface area contributed by atoms with E-state index in [1.807, 2.05) is 26.2 Å². The van der Waals surface area contributed by atoms with E-state index in [0.717, 1.165) is 48.1 Å². The number of halogens is 2. The quantitative estimate of drug-likeness (QED) is 0.278. The van der Waals surface area contributed by atoms with Crippen molar-refractivity contribution in [2.24, 2.45) is 0 Å². The molecule has 0 saturated carbocycles. The number of fused-ring (bicyclic) bond motifs is 1. The number of amides is 1. The van der Waals surface area contributed by atoms with Crippen LogP contribution in [0.4, 0.5) is 26.0 Å². The highest BCUT2D eigenvalue weighted by atomic mass is 32.2. The van der Waals surface area contributed by atoms with E-state index in [4.69, 9.17) is 4.74 Å². The minimum atomic E-state index is -4.20. The molecule has 226 valence electrons. The number of benzene rings is 2. The van der Waals surface area contributed by atoms with Gasteiger partial charge in [0.15, 0.2) is 5.82 Å². The third-order valence-electron chi connectivity index (χ3n) is 7.34. The van der Waals surface area contributed by atoms with Crippen LogP contribution in [0.1, 0.15) is 34.5 Å². The molecule has 0 atom stereocenters. The molecule has 0 radical (unpaired) electrons. The molecule has 1 aromatic heterocycles. The molecule has 42 heavy (non-hydrogen) atoms. The zero-order valence-electron chi connectivity index (χ0n) is 23.5.